The first-order valence-corrected chi connectivity index (χ1v) is 10.6. The van der Waals surface area contributed by atoms with Gasteiger partial charge in [-0.2, -0.15) is 0 Å². The van der Waals surface area contributed by atoms with Crippen LogP contribution in [0.5, 0.6) is 11.5 Å². The molecule has 0 aliphatic carbocycles. The van der Waals surface area contributed by atoms with Crippen molar-refractivity contribution in [3.8, 4) is 11.5 Å². The van der Waals surface area contributed by atoms with Crippen LogP contribution in [0.15, 0.2) is 48.5 Å². The average Bonchev–Trinajstić information content (AvgIpc) is 2.78. The summed E-state index contributed by atoms with van der Waals surface area (Å²) < 4.78 is 16.2. The van der Waals surface area contributed by atoms with Crippen LogP contribution in [0, 0.1) is 0 Å². The number of rotatable bonds is 13. The Hall–Kier alpha value is -3.55. The lowest BCUT2D eigenvalue weighted by Gasteiger charge is -2.17. The molecule has 0 saturated heterocycles. The zero-order valence-corrected chi connectivity index (χ0v) is 18.3. The van der Waals surface area contributed by atoms with Gasteiger partial charge in [0.1, 0.15) is 5.75 Å². The van der Waals surface area contributed by atoms with Crippen LogP contribution in [-0.2, 0) is 9.53 Å². The molecule has 1 amide bonds. The Morgan fingerprint density at radius 1 is 1.03 bits per heavy atom. The molecule has 0 aliphatic rings. The minimum absolute atomic E-state index is 0.0225. The van der Waals surface area contributed by atoms with E-state index in [1.807, 2.05) is 6.92 Å². The molecule has 1 unspecified atom stereocenters. The second kappa shape index (κ2) is 13.0. The summed E-state index contributed by atoms with van der Waals surface area (Å²) in [6.07, 6.45) is -0.259. The highest BCUT2D eigenvalue weighted by Gasteiger charge is 2.23. The number of Topliss-reactive ketones (excluding diaryl/α,β-unsaturated/α-hetero) is 1. The summed E-state index contributed by atoms with van der Waals surface area (Å²) >= 11 is 0. The van der Waals surface area contributed by atoms with Crippen LogP contribution in [-0.4, -0.2) is 42.3 Å². The van der Waals surface area contributed by atoms with Gasteiger partial charge < -0.3 is 19.3 Å². The molecule has 2 rings (SSSR count). The minimum atomic E-state index is -1.17. The predicted molar refractivity (Wildman–Crippen MR) is 120 cm³/mol. The molecule has 8 heteroatoms. The number of hydrogen-bond donors (Lipinski definition) is 2. The lowest BCUT2D eigenvalue weighted by molar-refractivity contribution is -0.145. The smallest absolute Gasteiger partial charge is 0.411 e. The maximum Gasteiger partial charge on any atom is 0.411 e. The number of anilines is 1. The van der Waals surface area contributed by atoms with Gasteiger partial charge in [0.15, 0.2) is 17.6 Å². The van der Waals surface area contributed by atoms with Gasteiger partial charge in [-0.3, -0.25) is 10.1 Å². The van der Waals surface area contributed by atoms with Gasteiger partial charge in [0, 0.05) is 12.8 Å². The number of nitrogens with one attached hydrogen (secondary N) is 1. The second-order valence-corrected chi connectivity index (χ2v) is 6.95. The van der Waals surface area contributed by atoms with Crippen molar-refractivity contribution in [2.24, 2.45) is 0 Å². The third-order valence-electron chi connectivity index (χ3n) is 4.50. The summed E-state index contributed by atoms with van der Waals surface area (Å²) in [7, 11) is 0. The van der Waals surface area contributed by atoms with E-state index in [1.165, 1.54) is 0 Å². The van der Waals surface area contributed by atoms with Crippen LogP contribution >= 0.6 is 0 Å². The summed E-state index contributed by atoms with van der Waals surface area (Å²) in [5.41, 5.74) is 0.566. The van der Waals surface area contributed by atoms with Crippen LogP contribution in [0.25, 0.3) is 0 Å². The van der Waals surface area contributed by atoms with Gasteiger partial charge in [0.05, 0.1) is 24.5 Å². The van der Waals surface area contributed by atoms with Crippen LogP contribution in [0.4, 0.5) is 10.5 Å². The number of carboxylic acids is 1. The molecule has 2 aromatic carbocycles. The zero-order chi connectivity index (χ0) is 23.3. The van der Waals surface area contributed by atoms with Crippen molar-refractivity contribution in [2.45, 2.75) is 45.6 Å². The first-order valence-electron chi connectivity index (χ1n) is 10.6. The number of carboxylic acid groups (broad SMARTS) is 1. The number of carbonyl (C=O) groups is 3. The maximum atomic E-state index is 12.9. The summed E-state index contributed by atoms with van der Waals surface area (Å²) in [6, 6.07) is 13.4. The molecule has 0 aromatic heterocycles. The van der Waals surface area contributed by atoms with Crippen molar-refractivity contribution in [1.29, 1.82) is 0 Å². The molecule has 172 valence electrons. The summed E-state index contributed by atoms with van der Waals surface area (Å²) in [5.74, 6) is -0.838. The van der Waals surface area contributed by atoms with Crippen molar-refractivity contribution >= 4 is 23.5 Å². The number of ketones is 1. The molecule has 2 aromatic rings. The normalized spacial score (nSPS) is 11.3. The summed E-state index contributed by atoms with van der Waals surface area (Å²) in [4.78, 5) is 36.5. The minimum Gasteiger partial charge on any atom is -0.491 e. The standard InChI is InChI=1S/C24H29NO7/c1-3-5-16-31-24(29)25-19-13-9-12-18(22(19)30-4-2)20(26)14-15-21(23(27)28)32-17-10-7-6-8-11-17/h6-13,21H,3-5,14-16H2,1-2H3,(H,25,29)(H,27,28). The monoisotopic (exact) mass is 443 g/mol. The number of benzene rings is 2. The van der Waals surface area contributed by atoms with Gasteiger partial charge in [0.25, 0.3) is 0 Å². The van der Waals surface area contributed by atoms with Gasteiger partial charge in [-0.1, -0.05) is 37.6 Å². The first kappa shape index (κ1) is 24.7. The SMILES string of the molecule is CCCCOC(=O)Nc1cccc(C(=O)CCC(Oc2ccccc2)C(=O)O)c1OCC. The van der Waals surface area contributed by atoms with Crippen molar-refractivity contribution in [3.63, 3.8) is 0 Å². The van der Waals surface area contributed by atoms with E-state index in [-0.39, 0.29) is 36.5 Å². The molecule has 0 spiro atoms. The van der Waals surface area contributed by atoms with Crippen LogP contribution < -0.4 is 14.8 Å². The average molecular weight is 443 g/mol. The van der Waals surface area contributed by atoms with E-state index >= 15 is 0 Å². The van der Waals surface area contributed by atoms with E-state index in [1.54, 1.807) is 55.5 Å². The molecule has 0 radical (unpaired) electrons. The fourth-order valence-electron chi connectivity index (χ4n) is 2.90. The Bertz CT molecular complexity index is 898. The molecule has 32 heavy (non-hydrogen) atoms. The summed E-state index contributed by atoms with van der Waals surface area (Å²) in [6.45, 7) is 4.32. The first-order chi connectivity index (χ1) is 15.5. The van der Waals surface area contributed by atoms with E-state index in [0.717, 1.165) is 12.8 Å². The van der Waals surface area contributed by atoms with Crippen molar-refractivity contribution < 1.29 is 33.7 Å². The number of amides is 1. The Morgan fingerprint density at radius 2 is 1.78 bits per heavy atom. The second-order valence-electron chi connectivity index (χ2n) is 6.95. The van der Waals surface area contributed by atoms with Crippen molar-refractivity contribution in [1.82, 2.24) is 0 Å². The zero-order valence-electron chi connectivity index (χ0n) is 18.3. The van der Waals surface area contributed by atoms with Crippen molar-refractivity contribution in [3.05, 3.63) is 54.1 Å². The Morgan fingerprint density at radius 3 is 2.44 bits per heavy atom. The highest BCUT2D eigenvalue weighted by atomic mass is 16.5. The molecule has 2 N–H and O–H groups in total. The topological polar surface area (TPSA) is 111 Å². The van der Waals surface area contributed by atoms with E-state index in [2.05, 4.69) is 5.32 Å². The molecule has 0 fully saturated rings. The predicted octanol–water partition coefficient (Wildman–Crippen LogP) is 4.93. The molecule has 0 saturated carbocycles. The van der Waals surface area contributed by atoms with E-state index in [4.69, 9.17) is 14.2 Å². The van der Waals surface area contributed by atoms with Crippen molar-refractivity contribution in [2.75, 3.05) is 18.5 Å². The highest BCUT2D eigenvalue weighted by Crippen LogP contribution is 2.31. The number of para-hydroxylation sites is 2. The van der Waals surface area contributed by atoms with Crippen LogP contribution in [0.1, 0.15) is 49.9 Å². The molecule has 0 bridgehead atoms. The molecule has 0 heterocycles. The number of aliphatic carboxylic acids is 1. The van der Waals surface area contributed by atoms with E-state index < -0.39 is 18.2 Å². The van der Waals surface area contributed by atoms with Gasteiger partial charge in [0.2, 0.25) is 0 Å². The largest absolute Gasteiger partial charge is 0.491 e. The number of ether oxygens (including phenoxy) is 3. The van der Waals surface area contributed by atoms with Gasteiger partial charge in [-0.25, -0.2) is 9.59 Å². The fraction of sp³-hybridized carbons (Fsp3) is 0.375. The van der Waals surface area contributed by atoms with E-state index in [0.29, 0.717) is 18.0 Å². The molecular formula is C24H29NO7. The highest BCUT2D eigenvalue weighted by molar-refractivity contribution is 6.02. The lowest BCUT2D eigenvalue weighted by atomic mass is 10.0. The number of unbranched alkanes of at least 4 members (excludes halogenated alkanes) is 1. The fourth-order valence-corrected chi connectivity index (χ4v) is 2.90. The van der Waals surface area contributed by atoms with Gasteiger partial charge >= 0.3 is 12.1 Å². The Labute approximate surface area is 187 Å². The summed E-state index contributed by atoms with van der Waals surface area (Å²) in [5, 5.41) is 12.1. The lowest BCUT2D eigenvalue weighted by Crippen LogP contribution is -2.27. The maximum absolute atomic E-state index is 12.9. The van der Waals surface area contributed by atoms with Gasteiger partial charge in [-0.05, 0) is 37.6 Å². The Balaban J connectivity index is 2.10. The molecular weight excluding hydrogens is 414 g/mol. The number of hydrogen-bond acceptors (Lipinski definition) is 6. The number of carbonyl (C=O) groups excluding carboxylic acids is 2. The quantitative estimate of drug-likeness (QED) is 0.333. The van der Waals surface area contributed by atoms with E-state index in [9.17, 15) is 19.5 Å². The van der Waals surface area contributed by atoms with Gasteiger partial charge in [-0.15, -0.1) is 0 Å². The Kier molecular flexibility index (Phi) is 10.0. The third kappa shape index (κ3) is 7.61. The molecule has 0 aliphatic heterocycles. The molecule has 1 atom stereocenters. The third-order valence-corrected chi connectivity index (χ3v) is 4.50. The van der Waals surface area contributed by atoms with Crippen LogP contribution in [0.3, 0.4) is 0 Å². The molecule has 8 nitrogen and oxygen atoms in total. The van der Waals surface area contributed by atoms with Crippen LogP contribution in [0.2, 0.25) is 0 Å².